The van der Waals surface area contributed by atoms with Gasteiger partial charge in [-0.1, -0.05) is 0 Å². The molecule has 1 aromatic rings. The average molecular weight is 266 g/mol. The van der Waals surface area contributed by atoms with Crippen LogP contribution >= 0.6 is 0 Å². The summed E-state index contributed by atoms with van der Waals surface area (Å²) >= 11 is 0. The molecular weight excluding hydrogens is 256 g/mol. The fourth-order valence-corrected chi connectivity index (χ4v) is 1.25. The van der Waals surface area contributed by atoms with E-state index >= 15 is 0 Å². The number of carbonyl (C=O) groups is 1. The van der Waals surface area contributed by atoms with Crippen molar-refractivity contribution in [2.45, 2.75) is 13.1 Å². The molecule has 1 rings (SSSR count). The minimum Gasteiger partial charge on any atom is -0.492 e. The van der Waals surface area contributed by atoms with Gasteiger partial charge in [0, 0.05) is 0 Å². The van der Waals surface area contributed by atoms with Crippen molar-refractivity contribution in [2.75, 3.05) is 6.61 Å². The third-order valence-electron chi connectivity index (χ3n) is 2.24. The van der Waals surface area contributed by atoms with E-state index in [0.717, 1.165) is 18.2 Å². The quantitative estimate of drug-likeness (QED) is 0.852. The smallest absolute Gasteiger partial charge is 0.405 e. The van der Waals surface area contributed by atoms with E-state index in [0.29, 0.717) is 5.56 Å². The molecule has 0 aliphatic rings. The van der Waals surface area contributed by atoms with Crippen LogP contribution in [0.2, 0.25) is 0 Å². The standard InChI is InChI=1S/C11H10F4O3/c1-6-4-7(12)2-3-9(6)18-5-8(10(16)17)11(13,14)15/h2-4,8H,5H2,1H3,(H,16,17). The van der Waals surface area contributed by atoms with Crippen LogP contribution in [0, 0.1) is 18.7 Å². The molecule has 0 radical (unpaired) electrons. The van der Waals surface area contributed by atoms with Crippen LogP contribution < -0.4 is 4.74 Å². The van der Waals surface area contributed by atoms with Gasteiger partial charge in [-0.2, -0.15) is 13.2 Å². The topological polar surface area (TPSA) is 46.5 Å². The molecule has 1 atom stereocenters. The molecule has 0 aliphatic heterocycles. The molecular formula is C11H10F4O3. The molecule has 0 fully saturated rings. The molecule has 7 heteroatoms. The number of hydrogen-bond donors (Lipinski definition) is 1. The number of benzene rings is 1. The molecule has 0 aliphatic carbocycles. The minimum absolute atomic E-state index is 0.0203. The maximum atomic E-state index is 12.7. The first-order valence-corrected chi connectivity index (χ1v) is 4.90. The Labute approximate surface area is 100.0 Å². The van der Waals surface area contributed by atoms with Crippen molar-refractivity contribution in [3.8, 4) is 5.75 Å². The Hall–Kier alpha value is -1.79. The van der Waals surface area contributed by atoms with Gasteiger partial charge < -0.3 is 9.84 Å². The van der Waals surface area contributed by atoms with E-state index < -0.39 is 30.5 Å². The Morgan fingerprint density at radius 3 is 2.50 bits per heavy atom. The van der Waals surface area contributed by atoms with Crippen LogP contribution in [0.25, 0.3) is 0 Å². The molecule has 0 heterocycles. The van der Waals surface area contributed by atoms with E-state index in [1.54, 1.807) is 0 Å². The molecule has 18 heavy (non-hydrogen) atoms. The number of rotatable bonds is 4. The van der Waals surface area contributed by atoms with Crippen molar-refractivity contribution < 1.29 is 32.2 Å². The Morgan fingerprint density at radius 1 is 1.44 bits per heavy atom. The highest BCUT2D eigenvalue weighted by Crippen LogP contribution is 2.28. The zero-order valence-electron chi connectivity index (χ0n) is 9.29. The predicted octanol–water partition coefficient (Wildman–Crippen LogP) is 2.78. The minimum atomic E-state index is -4.89. The highest BCUT2D eigenvalue weighted by Gasteiger charge is 2.45. The summed E-state index contributed by atoms with van der Waals surface area (Å²) in [6.45, 7) is 0.396. The highest BCUT2D eigenvalue weighted by molar-refractivity contribution is 5.71. The van der Waals surface area contributed by atoms with Crippen molar-refractivity contribution >= 4 is 5.97 Å². The lowest BCUT2D eigenvalue weighted by Crippen LogP contribution is -2.35. The first-order valence-electron chi connectivity index (χ1n) is 4.90. The van der Waals surface area contributed by atoms with Crippen LogP contribution in [-0.2, 0) is 4.79 Å². The summed E-state index contributed by atoms with van der Waals surface area (Å²) in [7, 11) is 0. The number of carboxylic acid groups (broad SMARTS) is 1. The Morgan fingerprint density at radius 2 is 2.06 bits per heavy atom. The van der Waals surface area contributed by atoms with Crippen molar-refractivity contribution in [2.24, 2.45) is 5.92 Å². The molecule has 0 aromatic heterocycles. The van der Waals surface area contributed by atoms with Gasteiger partial charge in [-0.15, -0.1) is 0 Å². The maximum absolute atomic E-state index is 12.7. The summed E-state index contributed by atoms with van der Waals surface area (Å²) in [6.07, 6.45) is -4.89. The van der Waals surface area contributed by atoms with E-state index in [1.165, 1.54) is 6.92 Å². The lowest BCUT2D eigenvalue weighted by atomic mass is 10.1. The summed E-state index contributed by atoms with van der Waals surface area (Å²) < 4.78 is 54.5. The zero-order chi connectivity index (χ0) is 13.9. The van der Waals surface area contributed by atoms with Gasteiger partial charge in [0.25, 0.3) is 0 Å². The fraction of sp³-hybridized carbons (Fsp3) is 0.364. The van der Waals surface area contributed by atoms with Crippen LogP contribution in [0.1, 0.15) is 5.56 Å². The number of ether oxygens (including phenoxy) is 1. The van der Waals surface area contributed by atoms with E-state index in [2.05, 4.69) is 0 Å². The van der Waals surface area contributed by atoms with Gasteiger partial charge in [-0.25, -0.2) is 4.39 Å². The van der Waals surface area contributed by atoms with Gasteiger partial charge >= 0.3 is 12.1 Å². The molecule has 0 saturated heterocycles. The Kier molecular flexibility index (Phi) is 4.15. The first kappa shape index (κ1) is 14.3. The van der Waals surface area contributed by atoms with Gasteiger partial charge in [0.2, 0.25) is 0 Å². The maximum Gasteiger partial charge on any atom is 0.405 e. The first-order chi connectivity index (χ1) is 8.21. The molecule has 0 amide bonds. The number of alkyl halides is 3. The number of aliphatic carboxylic acids is 1. The Bertz CT molecular complexity index is 442. The Balaban J connectivity index is 2.77. The molecule has 0 bridgehead atoms. The van der Waals surface area contributed by atoms with Crippen molar-refractivity contribution in [1.29, 1.82) is 0 Å². The van der Waals surface area contributed by atoms with Gasteiger partial charge in [-0.05, 0) is 30.7 Å². The zero-order valence-corrected chi connectivity index (χ0v) is 9.29. The second-order valence-electron chi connectivity index (χ2n) is 3.65. The summed E-state index contributed by atoms with van der Waals surface area (Å²) in [5.74, 6) is -5.15. The monoisotopic (exact) mass is 266 g/mol. The molecule has 0 saturated carbocycles. The summed E-state index contributed by atoms with van der Waals surface area (Å²) in [6, 6.07) is 3.25. The molecule has 1 unspecified atom stereocenters. The molecule has 100 valence electrons. The van der Waals surface area contributed by atoms with Gasteiger partial charge in [0.1, 0.15) is 18.2 Å². The fourth-order valence-electron chi connectivity index (χ4n) is 1.25. The molecule has 0 spiro atoms. The molecule has 1 aromatic carbocycles. The van der Waals surface area contributed by atoms with E-state index in [9.17, 15) is 22.4 Å². The van der Waals surface area contributed by atoms with Crippen LogP contribution in [0.3, 0.4) is 0 Å². The number of hydrogen-bond acceptors (Lipinski definition) is 2. The van der Waals surface area contributed by atoms with E-state index in [4.69, 9.17) is 9.84 Å². The van der Waals surface area contributed by atoms with Gasteiger partial charge in [-0.3, -0.25) is 4.79 Å². The second-order valence-corrected chi connectivity index (χ2v) is 3.65. The van der Waals surface area contributed by atoms with E-state index in [1.807, 2.05) is 0 Å². The third kappa shape index (κ3) is 3.61. The predicted molar refractivity (Wildman–Crippen MR) is 53.8 cm³/mol. The van der Waals surface area contributed by atoms with Crippen molar-refractivity contribution in [3.63, 3.8) is 0 Å². The third-order valence-corrected chi connectivity index (χ3v) is 2.24. The van der Waals surface area contributed by atoms with Gasteiger partial charge in [0.05, 0.1) is 0 Å². The summed E-state index contributed by atoms with van der Waals surface area (Å²) in [4.78, 5) is 10.4. The van der Waals surface area contributed by atoms with E-state index in [-0.39, 0.29) is 5.75 Å². The lowest BCUT2D eigenvalue weighted by molar-refractivity contribution is -0.198. The molecule has 3 nitrogen and oxygen atoms in total. The van der Waals surface area contributed by atoms with Crippen molar-refractivity contribution in [3.05, 3.63) is 29.6 Å². The summed E-state index contributed by atoms with van der Waals surface area (Å²) in [5, 5.41) is 8.44. The number of carboxylic acids is 1. The van der Waals surface area contributed by atoms with Crippen LogP contribution in [0.15, 0.2) is 18.2 Å². The SMILES string of the molecule is Cc1cc(F)ccc1OCC(C(=O)O)C(F)(F)F. The van der Waals surface area contributed by atoms with Crippen molar-refractivity contribution in [1.82, 2.24) is 0 Å². The number of aryl methyl sites for hydroxylation is 1. The molecule has 1 N–H and O–H groups in total. The van der Waals surface area contributed by atoms with Gasteiger partial charge in [0.15, 0.2) is 5.92 Å². The number of halogens is 4. The summed E-state index contributed by atoms with van der Waals surface area (Å²) in [5.41, 5.74) is 0.293. The lowest BCUT2D eigenvalue weighted by Gasteiger charge is -2.17. The average Bonchev–Trinajstić information content (AvgIpc) is 2.18. The second kappa shape index (κ2) is 5.24. The van der Waals surface area contributed by atoms with Crippen LogP contribution in [0.5, 0.6) is 5.75 Å². The highest BCUT2D eigenvalue weighted by atomic mass is 19.4. The normalized spacial score (nSPS) is 13.2. The van der Waals surface area contributed by atoms with Crippen LogP contribution in [0.4, 0.5) is 17.6 Å². The van der Waals surface area contributed by atoms with Crippen LogP contribution in [-0.4, -0.2) is 23.9 Å². The largest absolute Gasteiger partial charge is 0.492 e.